The van der Waals surface area contributed by atoms with Crippen LogP contribution in [0.2, 0.25) is 5.02 Å². The molecule has 0 amide bonds. The van der Waals surface area contributed by atoms with Crippen LogP contribution < -0.4 is 4.74 Å². The summed E-state index contributed by atoms with van der Waals surface area (Å²) in [6.45, 7) is 1.49. The van der Waals surface area contributed by atoms with Crippen LogP contribution in [-0.4, -0.2) is 5.78 Å². The number of ether oxygens (including phenoxy) is 1. The van der Waals surface area contributed by atoms with Crippen molar-refractivity contribution in [2.45, 2.75) is 6.92 Å². The number of carbonyl (C=O) groups is 1. The second-order valence-electron chi connectivity index (χ2n) is 3.88. The Hall–Kier alpha value is -1.39. The third-order valence-electron chi connectivity index (χ3n) is 2.46. The van der Waals surface area contributed by atoms with E-state index in [-0.39, 0.29) is 10.8 Å². The van der Waals surface area contributed by atoms with Crippen molar-refractivity contribution in [1.29, 1.82) is 0 Å². The lowest BCUT2D eigenvalue weighted by molar-refractivity contribution is 0.101. The quantitative estimate of drug-likeness (QED) is 0.713. The Balaban J connectivity index is 2.28. The van der Waals surface area contributed by atoms with Gasteiger partial charge in [-0.1, -0.05) is 11.6 Å². The molecular weight excluding hydrogens is 335 g/mol. The van der Waals surface area contributed by atoms with Gasteiger partial charge in [-0.3, -0.25) is 4.79 Å². The van der Waals surface area contributed by atoms with Crippen molar-refractivity contribution < 1.29 is 13.9 Å². The molecule has 0 bridgehead atoms. The molecule has 0 aliphatic carbocycles. The first-order chi connectivity index (χ1) is 8.97. The summed E-state index contributed by atoms with van der Waals surface area (Å²) in [5, 5.41) is -0.00558. The first kappa shape index (κ1) is 14.0. The van der Waals surface area contributed by atoms with E-state index in [0.717, 1.165) is 0 Å². The summed E-state index contributed by atoms with van der Waals surface area (Å²) < 4.78 is 19.2. The zero-order valence-corrected chi connectivity index (χ0v) is 12.3. The molecule has 0 saturated carbocycles. The molecule has 0 N–H and O–H groups in total. The summed E-state index contributed by atoms with van der Waals surface area (Å²) in [6.07, 6.45) is 0. The minimum Gasteiger partial charge on any atom is -0.456 e. The maximum Gasteiger partial charge on any atom is 0.159 e. The molecular formula is C14H9BrClFO2. The topological polar surface area (TPSA) is 26.3 Å². The van der Waals surface area contributed by atoms with E-state index >= 15 is 0 Å². The van der Waals surface area contributed by atoms with Gasteiger partial charge in [0.1, 0.15) is 17.3 Å². The van der Waals surface area contributed by atoms with E-state index < -0.39 is 5.82 Å². The molecule has 0 saturated heterocycles. The van der Waals surface area contributed by atoms with Gasteiger partial charge in [0.15, 0.2) is 5.78 Å². The lowest BCUT2D eigenvalue weighted by Crippen LogP contribution is -1.93. The number of rotatable bonds is 3. The fraction of sp³-hybridized carbons (Fsp3) is 0.0714. The molecule has 19 heavy (non-hydrogen) atoms. The number of halogens is 3. The minimum absolute atomic E-state index is 0.00558. The summed E-state index contributed by atoms with van der Waals surface area (Å²) in [6, 6.07) is 9.10. The molecule has 0 heterocycles. The fourth-order valence-electron chi connectivity index (χ4n) is 1.47. The smallest absolute Gasteiger partial charge is 0.159 e. The second-order valence-corrected chi connectivity index (χ2v) is 5.14. The highest BCUT2D eigenvalue weighted by Gasteiger charge is 2.08. The molecule has 2 aromatic rings. The van der Waals surface area contributed by atoms with Crippen molar-refractivity contribution in [3.63, 3.8) is 0 Å². The van der Waals surface area contributed by atoms with Gasteiger partial charge in [-0.2, -0.15) is 0 Å². The molecule has 0 radical (unpaired) electrons. The standard InChI is InChI=1S/C14H9BrClFO2/c1-8(18)9-2-5-14(11(15)6-9)19-10-3-4-13(17)12(16)7-10/h2-7H,1H3. The van der Waals surface area contributed by atoms with Gasteiger partial charge in [0.25, 0.3) is 0 Å². The van der Waals surface area contributed by atoms with Crippen LogP contribution in [-0.2, 0) is 0 Å². The predicted molar refractivity (Wildman–Crippen MR) is 75.6 cm³/mol. The summed E-state index contributed by atoms with van der Waals surface area (Å²) >= 11 is 9.00. The maximum absolute atomic E-state index is 13.0. The molecule has 0 spiro atoms. The fourth-order valence-corrected chi connectivity index (χ4v) is 2.10. The number of benzene rings is 2. The van der Waals surface area contributed by atoms with Gasteiger partial charge in [-0.15, -0.1) is 0 Å². The molecule has 5 heteroatoms. The molecule has 0 aliphatic rings. The largest absolute Gasteiger partial charge is 0.456 e. The van der Waals surface area contributed by atoms with Gasteiger partial charge >= 0.3 is 0 Å². The Morgan fingerprint density at radius 3 is 2.58 bits per heavy atom. The van der Waals surface area contributed by atoms with E-state index in [9.17, 15) is 9.18 Å². The van der Waals surface area contributed by atoms with Crippen LogP contribution >= 0.6 is 27.5 Å². The van der Waals surface area contributed by atoms with Crippen molar-refractivity contribution in [2.24, 2.45) is 0 Å². The number of hydrogen-bond acceptors (Lipinski definition) is 2. The predicted octanol–water partition coefficient (Wildman–Crippen LogP) is 5.24. The number of ketones is 1. The molecule has 2 rings (SSSR count). The van der Waals surface area contributed by atoms with Gasteiger partial charge in [0.05, 0.1) is 9.50 Å². The zero-order valence-electron chi connectivity index (χ0n) is 9.91. The second kappa shape index (κ2) is 5.72. The van der Waals surface area contributed by atoms with Crippen molar-refractivity contribution >= 4 is 33.3 Å². The van der Waals surface area contributed by atoms with Crippen LogP contribution in [0.25, 0.3) is 0 Å². The minimum atomic E-state index is -0.500. The van der Waals surface area contributed by atoms with Crippen molar-refractivity contribution in [2.75, 3.05) is 0 Å². The third-order valence-corrected chi connectivity index (χ3v) is 3.37. The Morgan fingerprint density at radius 1 is 1.26 bits per heavy atom. The lowest BCUT2D eigenvalue weighted by Gasteiger charge is -2.09. The first-order valence-electron chi connectivity index (χ1n) is 5.41. The first-order valence-corrected chi connectivity index (χ1v) is 6.58. The van der Waals surface area contributed by atoms with Crippen LogP contribution in [0, 0.1) is 5.82 Å². The SMILES string of the molecule is CC(=O)c1ccc(Oc2ccc(F)c(Cl)c2)c(Br)c1. The lowest BCUT2D eigenvalue weighted by atomic mass is 10.1. The molecule has 2 nitrogen and oxygen atoms in total. The van der Waals surface area contributed by atoms with E-state index in [1.54, 1.807) is 18.2 Å². The van der Waals surface area contributed by atoms with Crippen LogP contribution in [0.4, 0.5) is 4.39 Å². The van der Waals surface area contributed by atoms with Crippen LogP contribution in [0.15, 0.2) is 40.9 Å². The zero-order chi connectivity index (χ0) is 14.0. The van der Waals surface area contributed by atoms with Gasteiger partial charge in [-0.05, 0) is 53.2 Å². The molecule has 0 fully saturated rings. The Labute approximate surface area is 123 Å². The number of Topliss-reactive ketones (excluding diaryl/α,β-unsaturated/α-hetero) is 1. The van der Waals surface area contributed by atoms with Crippen LogP contribution in [0.1, 0.15) is 17.3 Å². The highest BCUT2D eigenvalue weighted by atomic mass is 79.9. The monoisotopic (exact) mass is 342 g/mol. The van der Waals surface area contributed by atoms with Crippen molar-refractivity contribution in [3.05, 3.63) is 57.3 Å². The molecule has 0 aromatic heterocycles. The van der Waals surface area contributed by atoms with Crippen LogP contribution in [0.5, 0.6) is 11.5 Å². The highest BCUT2D eigenvalue weighted by molar-refractivity contribution is 9.10. The number of carbonyl (C=O) groups excluding carboxylic acids is 1. The molecule has 2 aromatic carbocycles. The van der Waals surface area contributed by atoms with E-state index in [2.05, 4.69) is 15.9 Å². The van der Waals surface area contributed by atoms with Crippen LogP contribution in [0.3, 0.4) is 0 Å². The van der Waals surface area contributed by atoms with Gasteiger partial charge in [-0.25, -0.2) is 4.39 Å². The van der Waals surface area contributed by atoms with E-state index in [1.807, 2.05) is 0 Å². The molecule has 98 valence electrons. The molecule has 0 atom stereocenters. The van der Waals surface area contributed by atoms with Crippen molar-refractivity contribution in [3.8, 4) is 11.5 Å². The Kier molecular flexibility index (Phi) is 4.22. The van der Waals surface area contributed by atoms with Gasteiger partial charge in [0.2, 0.25) is 0 Å². The molecule has 0 aliphatic heterocycles. The summed E-state index contributed by atoms with van der Waals surface area (Å²) in [4.78, 5) is 11.2. The van der Waals surface area contributed by atoms with E-state index in [0.29, 0.717) is 21.5 Å². The third kappa shape index (κ3) is 3.33. The average molecular weight is 344 g/mol. The summed E-state index contributed by atoms with van der Waals surface area (Å²) in [7, 11) is 0. The van der Waals surface area contributed by atoms with E-state index in [1.165, 1.54) is 25.1 Å². The highest BCUT2D eigenvalue weighted by Crippen LogP contribution is 2.32. The summed E-state index contributed by atoms with van der Waals surface area (Å²) in [5.41, 5.74) is 0.580. The normalized spacial score (nSPS) is 10.3. The maximum atomic E-state index is 13.0. The Bertz CT molecular complexity index is 643. The molecule has 0 unspecified atom stereocenters. The Morgan fingerprint density at radius 2 is 2.00 bits per heavy atom. The van der Waals surface area contributed by atoms with Gasteiger partial charge in [0, 0.05) is 11.6 Å². The van der Waals surface area contributed by atoms with Crippen molar-refractivity contribution in [1.82, 2.24) is 0 Å². The summed E-state index contributed by atoms with van der Waals surface area (Å²) in [5.74, 6) is 0.410. The average Bonchev–Trinajstić information content (AvgIpc) is 2.36. The van der Waals surface area contributed by atoms with Gasteiger partial charge < -0.3 is 4.74 Å². The number of hydrogen-bond donors (Lipinski definition) is 0. The van der Waals surface area contributed by atoms with E-state index in [4.69, 9.17) is 16.3 Å².